The molecule has 0 aliphatic carbocycles. The molecule has 0 bridgehead atoms. The van der Waals surface area contributed by atoms with E-state index in [2.05, 4.69) is 9.88 Å². The molecule has 0 atom stereocenters. The summed E-state index contributed by atoms with van der Waals surface area (Å²) >= 11 is 0. The predicted molar refractivity (Wildman–Crippen MR) is 128 cm³/mol. The van der Waals surface area contributed by atoms with Crippen LogP contribution in [0.5, 0.6) is 23.0 Å². The van der Waals surface area contributed by atoms with Crippen LogP contribution in [0.25, 0.3) is 10.9 Å². The summed E-state index contributed by atoms with van der Waals surface area (Å²) in [5.74, 6) is 2.58. The molecule has 0 saturated carbocycles. The maximum Gasteiger partial charge on any atom is 0.261 e. The van der Waals surface area contributed by atoms with E-state index in [0.717, 1.165) is 36.7 Å². The van der Waals surface area contributed by atoms with Crippen LogP contribution in [-0.2, 0) is 17.9 Å². The highest BCUT2D eigenvalue weighted by Crippen LogP contribution is 2.33. The summed E-state index contributed by atoms with van der Waals surface area (Å²) in [5.41, 5.74) is 1.47. The van der Waals surface area contributed by atoms with Crippen LogP contribution in [0.1, 0.15) is 12.0 Å². The second-order valence-electron chi connectivity index (χ2n) is 8.56. The average molecular weight is 481 g/mol. The lowest BCUT2D eigenvalue weighted by Crippen LogP contribution is -2.48. The highest BCUT2D eigenvalue weighted by atomic mass is 16.7. The summed E-state index contributed by atoms with van der Waals surface area (Å²) in [5, 5.41) is 0.426. The minimum absolute atomic E-state index is 0.0343. The fourth-order valence-electron chi connectivity index (χ4n) is 4.47. The first-order valence-electron chi connectivity index (χ1n) is 11.6. The Kier molecular flexibility index (Phi) is 6.45. The van der Waals surface area contributed by atoms with E-state index >= 15 is 0 Å². The molecule has 1 amide bonds. The Labute approximate surface area is 202 Å². The fraction of sp³-hybridized carbons (Fsp3) is 0.400. The van der Waals surface area contributed by atoms with Gasteiger partial charge in [-0.1, -0.05) is 6.07 Å². The number of methoxy groups -OCH3 is 2. The van der Waals surface area contributed by atoms with Crippen LogP contribution in [-0.4, -0.2) is 72.4 Å². The average Bonchev–Trinajstić information content (AvgIpc) is 3.36. The molecular weight excluding hydrogens is 452 g/mol. The van der Waals surface area contributed by atoms with Gasteiger partial charge in [0, 0.05) is 51.8 Å². The van der Waals surface area contributed by atoms with Gasteiger partial charge in [0.1, 0.15) is 0 Å². The number of fused-ring (bicyclic) bond motifs is 2. The van der Waals surface area contributed by atoms with Crippen molar-refractivity contribution >= 4 is 16.8 Å². The maximum atomic E-state index is 13.0. The lowest BCUT2D eigenvalue weighted by Gasteiger charge is -2.34. The van der Waals surface area contributed by atoms with Crippen molar-refractivity contribution in [3.05, 3.63) is 52.6 Å². The zero-order chi connectivity index (χ0) is 24.4. The Morgan fingerprint density at radius 1 is 1.00 bits per heavy atom. The van der Waals surface area contributed by atoms with Crippen LogP contribution in [0.2, 0.25) is 0 Å². The van der Waals surface area contributed by atoms with Crippen LogP contribution in [0.4, 0.5) is 0 Å². The second kappa shape index (κ2) is 9.83. The molecule has 2 aromatic carbocycles. The number of nitrogens with zero attached hydrogens (tertiary/aromatic N) is 4. The molecule has 1 saturated heterocycles. The molecule has 0 N–H and O–H groups in total. The highest BCUT2D eigenvalue weighted by Gasteiger charge is 2.22. The monoisotopic (exact) mass is 480 g/mol. The van der Waals surface area contributed by atoms with Crippen LogP contribution < -0.4 is 24.5 Å². The molecule has 1 fully saturated rings. The highest BCUT2D eigenvalue weighted by molar-refractivity contribution is 5.81. The van der Waals surface area contributed by atoms with Gasteiger partial charge >= 0.3 is 0 Å². The van der Waals surface area contributed by atoms with E-state index < -0.39 is 0 Å². The first-order valence-corrected chi connectivity index (χ1v) is 11.6. The van der Waals surface area contributed by atoms with Crippen LogP contribution in [0, 0.1) is 0 Å². The third-order valence-corrected chi connectivity index (χ3v) is 6.46. The third kappa shape index (κ3) is 4.74. The lowest BCUT2D eigenvalue weighted by molar-refractivity contribution is -0.133. The van der Waals surface area contributed by atoms with Crippen molar-refractivity contribution in [3.63, 3.8) is 0 Å². The Balaban J connectivity index is 1.16. The molecular formula is C25H28N4O6. The first-order chi connectivity index (χ1) is 17.1. The summed E-state index contributed by atoms with van der Waals surface area (Å²) < 4.78 is 22.9. The topological polar surface area (TPSA) is 95.4 Å². The summed E-state index contributed by atoms with van der Waals surface area (Å²) in [4.78, 5) is 34.3. The Morgan fingerprint density at radius 2 is 1.74 bits per heavy atom. The van der Waals surface area contributed by atoms with E-state index in [4.69, 9.17) is 18.9 Å². The molecule has 1 aromatic heterocycles. The van der Waals surface area contributed by atoms with Gasteiger partial charge in [-0.05, 0) is 23.8 Å². The lowest BCUT2D eigenvalue weighted by atomic mass is 10.1. The van der Waals surface area contributed by atoms with Crippen molar-refractivity contribution in [2.75, 3.05) is 47.2 Å². The van der Waals surface area contributed by atoms with Gasteiger partial charge in [0.05, 0.1) is 31.4 Å². The minimum Gasteiger partial charge on any atom is -0.493 e. The number of hydrogen-bond donors (Lipinski definition) is 0. The summed E-state index contributed by atoms with van der Waals surface area (Å²) in [6, 6.07) is 9.30. The Morgan fingerprint density at radius 3 is 2.51 bits per heavy atom. The van der Waals surface area contributed by atoms with Crippen molar-refractivity contribution < 1.29 is 23.7 Å². The molecule has 0 radical (unpaired) electrons. The Bertz CT molecular complexity index is 1300. The van der Waals surface area contributed by atoms with Gasteiger partial charge in [0.25, 0.3) is 5.56 Å². The number of aryl methyl sites for hydroxylation is 1. The largest absolute Gasteiger partial charge is 0.493 e. The number of rotatable bonds is 7. The van der Waals surface area contributed by atoms with Gasteiger partial charge in [0.15, 0.2) is 23.0 Å². The molecule has 0 unspecified atom stereocenters. The van der Waals surface area contributed by atoms with Crippen LogP contribution >= 0.6 is 0 Å². The molecule has 5 rings (SSSR count). The van der Waals surface area contributed by atoms with Crippen LogP contribution in [0.3, 0.4) is 0 Å². The molecule has 10 nitrogen and oxygen atoms in total. The van der Waals surface area contributed by atoms with Gasteiger partial charge in [-0.15, -0.1) is 0 Å². The summed E-state index contributed by atoms with van der Waals surface area (Å²) in [6.07, 6.45) is 1.72. The third-order valence-electron chi connectivity index (χ3n) is 6.46. The maximum absolute atomic E-state index is 13.0. The number of amides is 1. The zero-order valence-corrected chi connectivity index (χ0v) is 19.9. The fourth-order valence-corrected chi connectivity index (χ4v) is 4.47. The second-order valence-corrected chi connectivity index (χ2v) is 8.56. The molecule has 10 heteroatoms. The van der Waals surface area contributed by atoms with Crippen molar-refractivity contribution in [1.29, 1.82) is 0 Å². The summed E-state index contributed by atoms with van der Waals surface area (Å²) in [7, 11) is 3.06. The number of benzene rings is 2. The SMILES string of the molecule is COc1cc2ncn(CCC(=O)N3CCN(Cc4ccc5c(c4)OCO5)CC3)c(=O)c2cc1OC. The van der Waals surface area contributed by atoms with Crippen molar-refractivity contribution in [2.24, 2.45) is 0 Å². The molecule has 3 heterocycles. The van der Waals surface area contributed by atoms with E-state index in [1.165, 1.54) is 25.1 Å². The van der Waals surface area contributed by atoms with Crippen LogP contribution in [0.15, 0.2) is 41.5 Å². The van der Waals surface area contributed by atoms with Gasteiger partial charge in [-0.25, -0.2) is 4.98 Å². The minimum atomic E-state index is -0.211. The quantitative estimate of drug-likeness (QED) is 0.506. The van der Waals surface area contributed by atoms with Gasteiger partial charge in [-0.3, -0.25) is 19.1 Å². The van der Waals surface area contributed by atoms with E-state index in [1.807, 2.05) is 23.1 Å². The number of carbonyl (C=O) groups is 1. The number of piperazine rings is 1. The number of ether oxygens (including phenoxy) is 4. The van der Waals surface area contributed by atoms with Gasteiger partial charge in [0.2, 0.25) is 12.7 Å². The van der Waals surface area contributed by atoms with Crippen molar-refractivity contribution in [1.82, 2.24) is 19.4 Å². The number of carbonyl (C=O) groups excluding carboxylic acids is 1. The molecule has 2 aliphatic heterocycles. The zero-order valence-electron chi connectivity index (χ0n) is 19.9. The standard InChI is InChI=1S/C25H28N4O6/c1-32-21-12-18-19(13-22(21)33-2)26-15-29(25(18)31)6-5-24(30)28-9-7-27(8-10-28)14-17-3-4-20-23(11-17)35-16-34-20/h3-4,11-13,15H,5-10,14,16H2,1-2H3. The number of aromatic nitrogens is 2. The van der Waals surface area contributed by atoms with E-state index in [9.17, 15) is 9.59 Å². The van der Waals surface area contributed by atoms with E-state index in [-0.39, 0.29) is 31.2 Å². The molecule has 0 spiro atoms. The van der Waals surface area contributed by atoms with Gasteiger partial charge in [-0.2, -0.15) is 0 Å². The molecule has 2 aliphatic rings. The predicted octanol–water partition coefficient (Wildman–Crippen LogP) is 1.88. The molecule has 35 heavy (non-hydrogen) atoms. The normalized spacial score (nSPS) is 15.4. The molecule has 3 aromatic rings. The van der Waals surface area contributed by atoms with Crippen molar-refractivity contribution in [2.45, 2.75) is 19.5 Å². The smallest absolute Gasteiger partial charge is 0.261 e. The van der Waals surface area contributed by atoms with Gasteiger partial charge < -0.3 is 23.8 Å². The summed E-state index contributed by atoms with van der Waals surface area (Å²) in [6.45, 7) is 4.23. The van der Waals surface area contributed by atoms with E-state index in [1.54, 1.807) is 12.1 Å². The molecule has 184 valence electrons. The van der Waals surface area contributed by atoms with Crippen molar-refractivity contribution in [3.8, 4) is 23.0 Å². The van der Waals surface area contributed by atoms with E-state index in [0.29, 0.717) is 35.5 Å². The number of hydrogen-bond acceptors (Lipinski definition) is 8. The Hall–Kier alpha value is -3.79. The first kappa shape index (κ1) is 23.0.